The van der Waals surface area contributed by atoms with Crippen LogP contribution in [-0.4, -0.2) is 72.7 Å². The molecule has 0 saturated carbocycles. The molecule has 3 amide bonds. The lowest BCUT2D eigenvalue weighted by atomic mass is 10.1. The summed E-state index contributed by atoms with van der Waals surface area (Å²) in [4.78, 5) is 27.2. The Balaban J connectivity index is 1.35. The molecule has 2 aromatic rings. The zero-order valence-electron chi connectivity index (χ0n) is 15.7. The number of amides is 3. The number of hydrogen-bond donors (Lipinski definition) is 1. The van der Waals surface area contributed by atoms with Crippen LogP contribution < -0.4 is 10.2 Å². The normalized spacial score (nSPS) is 25.4. The van der Waals surface area contributed by atoms with Crippen molar-refractivity contribution in [1.82, 2.24) is 19.7 Å². The molecule has 0 radical (unpaired) electrons. The molecular weight excluding hydrogens is 398 g/mol. The number of fused-ring (bicyclic) bond motifs is 2. The minimum absolute atomic E-state index is 0.0539. The Kier molecular flexibility index (Phi) is 4.33. The molecule has 1 aromatic carbocycles. The highest BCUT2D eigenvalue weighted by Crippen LogP contribution is 2.30. The van der Waals surface area contributed by atoms with E-state index in [9.17, 15) is 18.0 Å². The Morgan fingerprint density at radius 3 is 2.90 bits per heavy atom. The van der Waals surface area contributed by atoms with Crippen LogP contribution in [-0.2, 0) is 21.4 Å². The predicted octanol–water partition coefficient (Wildman–Crippen LogP) is 0.494. The third kappa shape index (κ3) is 3.28. The van der Waals surface area contributed by atoms with E-state index in [1.165, 1.54) is 4.90 Å². The van der Waals surface area contributed by atoms with E-state index >= 15 is 0 Å². The van der Waals surface area contributed by atoms with Crippen LogP contribution in [0.5, 0.6) is 0 Å². The molecule has 0 spiro atoms. The highest BCUT2D eigenvalue weighted by Gasteiger charge is 2.40. The van der Waals surface area contributed by atoms with Crippen molar-refractivity contribution < 1.29 is 22.5 Å². The Morgan fingerprint density at radius 2 is 2.07 bits per heavy atom. The van der Waals surface area contributed by atoms with Gasteiger partial charge in [0.2, 0.25) is 15.9 Å². The van der Waals surface area contributed by atoms with Crippen LogP contribution in [0.2, 0.25) is 0 Å². The molecule has 154 valence electrons. The number of nitrogens with one attached hydrogen (secondary N) is 1. The maximum atomic E-state index is 12.2. The summed E-state index contributed by atoms with van der Waals surface area (Å²) in [6.07, 6.45) is 0.894. The van der Waals surface area contributed by atoms with E-state index in [0.29, 0.717) is 49.4 Å². The molecule has 3 aliphatic heterocycles. The number of hydrogen-bond acceptors (Lipinski definition) is 7. The lowest BCUT2D eigenvalue weighted by Crippen LogP contribution is -2.50. The van der Waals surface area contributed by atoms with E-state index in [1.807, 2.05) is 18.2 Å². The summed E-state index contributed by atoms with van der Waals surface area (Å²) >= 11 is 0. The van der Waals surface area contributed by atoms with Gasteiger partial charge in [0.25, 0.3) is 0 Å². The first-order chi connectivity index (χ1) is 13.9. The van der Waals surface area contributed by atoms with Gasteiger partial charge in [0.1, 0.15) is 0 Å². The highest BCUT2D eigenvalue weighted by molar-refractivity contribution is 7.89. The Hall–Kier alpha value is -2.50. The molecule has 0 bridgehead atoms. The summed E-state index contributed by atoms with van der Waals surface area (Å²) in [6.45, 7) is 2.85. The van der Waals surface area contributed by atoms with E-state index in [4.69, 9.17) is 4.52 Å². The molecular formula is C18H21N5O5S. The van der Waals surface area contributed by atoms with Gasteiger partial charge in [0.15, 0.2) is 11.4 Å². The molecule has 29 heavy (non-hydrogen) atoms. The minimum Gasteiger partial charge on any atom is -0.354 e. The molecule has 1 N–H and O–H groups in total. The van der Waals surface area contributed by atoms with Crippen molar-refractivity contribution in [2.24, 2.45) is 0 Å². The van der Waals surface area contributed by atoms with Crippen LogP contribution in [0.1, 0.15) is 18.4 Å². The third-order valence-electron chi connectivity index (χ3n) is 5.81. The van der Waals surface area contributed by atoms with Crippen molar-refractivity contribution in [1.29, 1.82) is 0 Å². The number of piperazine rings is 1. The summed E-state index contributed by atoms with van der Waals surface area (Å²) < 4.78 is 31.1. The second kappa shape index (κ2) is 6.78. The molecule has 4 heterocycles. The van der Waals surface area contributed by atoms with Gasteiger partial charge in [-0.15, -0.1) is 0 Å². The number of benzene rings is 1. The zero-order chi connectivity index (χ0) is 20.2. The van der Waals surface area contributed by atoms with Gasteiger partial charge in [-0.25, -0.2) is 13.2 Å². The summed E-state index contributed by atoms with van der Waals surface area (Å²) in [5.74, 6) is 0.341. The summed E-state index contributed by atoms with van der Waals surface area (Å²) in [7, 11) is -3.07. The molecule has 1 atom stereocenters. The minimum atomic E-state index is -3.07. The average molecular weight is 419 g/mol. The molecule has 5 rings (SSSR count). The van der Waals surface area contributed by atoms with Crippen LogP contribution in [0.4, 0.5) is 10.6 Å². The first kappa shape index (κ1) is 18.5. The van der Waals surface area contributed by atoms with Crippen molar-refractivity contribution in [3.05, 3.63) is 23.8 Å². The lowest BCUT2D eigenvalue weighted by molar-refractivity contribution is -0.120. The van der Waals surface area contributed by atoms with Gasteiger partial charge in [0, 0.05) is 45.2 Å². The van der Waals surface area contributed by atoms with E-state index in [2.05, 4.69) is 15.4 Å². The van der Waals surface area contributed by atoms with Gasteiger partial charge in [-0.1, -0.05) is 11.2 Å². The van der Waals surface area contributed by atoms with Gasteiger partial charge in [-0.2, -0.15) is 4.31 Å². The fraction of sp³-hybridized carbons (Fsp3) is 0.500. The Labute approximate surface area is 167 Å². The van der Waals surface area contributed by atoms with Crippen molar-refractivity contribution >= 4 is 38.7 Å². The summed E-state index contributed by atoms with van der Waals surface area (Å²) in [6, 6.07) is 5.28. The van der Waals surface area contributed by atoms with Crippen molar-refractivity contribution in [2.45, 2.75) is 25.4 Å². The van der Waals surface area contributed by atoms with E-state index < -0.39 is 16.1 Å². The van der Waals surface area contributed by atoms with Crippen molar-refractivity contribution in [2.75, 3.05) is 36.8 Å². The zero-order valence-corrected chi connectivity index (χ0v) is 16.5. The maximum absolute atomic E-state index is 12.2. The fourth-order valence-corrected chi connectivity index (χ4v) is 6.13. The molecule has 10 nitrogen and oxygen atoms in total. The lowest BCUT2D eigenvalue weighted by Gasteiger charge is -2.36. The molecule has 1 aromatic heterocycles. The number of aromatic nitrogens is 1. The SMILES string of the molecule is O=C1CCN(c2noc3ccc(CN4CCN5[C@@H](CCS5(=O)=O)C4)cc23)C(=O)N1. The quantitative estimate of drug-likeness (QED) is 0.770. The van der Waals surface area contributed by atoms with Gasteiger partial charge >= 0.3 is 6.03 Å². The summed E-state index contributed by atoms with van der Waals surface area (Å²) in [5, 5.41) is 7.05. The second-order valence-electron chi connectivity index (χ2n) is 7.70. The molecule has 3 fully saturated rings. The van der Waals surface area contributed by atoms with E-state index in [-0.39, 0.29) is 30.7 Å². The van der Waals surface area contributed by atoms with Gasteiger partial charge in [-0.05, 0) is 24.1 Å². The maximum Gasteiger partial charge on any atom is 0.329 e. The standard InChI is InChI=1S/C18H21N5O5S/c24-16-3-5-22(18(25)19-16)17-14-9-12(1-2-15(14)28-20-17)10-21-6-7-23-13(11-21)4-8-29(23,26)27/h1-2,9,13H,3-8,10-11H2,(H,19,24,25)/t13-/m0/s1. The number of imide groups is 1. The molecule has 3 saturated heterocycles. The van der Waals surface area contributed by atoms with E-state index in [0.717, 1.165) is 5.56 Å². The number of rotatable bonds is 3. The molecule has 0 aliphatic carbocycles. The Bertz CT molecular complexity index is 1100. The Morgan fingerprint density at radius 1 is 1.21 bits per heavy atom. The van der Waals surface area contributed by atoms with Gasteiger partial charge in [0.05, 0.1) is 11.1 Å². The van der Waals surface area contributed by atoms with Crippen molar-refractivity contribution in [3.63, 3.8) is 0 Å². The number of carbonyl (C=O) groups excluding carboxylic acids is 2. The monoisotopic (exact) mass is 419 g/mol. The number of sulfonamides is 1. The average Bonchev–Trinajstić information content (AvgIpc) is 3.22. The first-order valence-corrected chi connectivity index (χ1v) is 11.2. The third-order valence-corrected chi connectivity index (χ3v) is 7.76. The molecule has 3 aliphatic rings. The van der Waals surface area contributed by atoms with Crippen LogP contribution in [0.15, 0.2) is 22.7 Å². The second-order valence-corrected chi connectivity index (χ2v) is 9.74. The van der Waals surface area contributed by atoms with Crippen molar-refractivity contribution in [3.8, 4) is 0 Å². The van der Waals surface area contributed by atoms with Crippen LogP contribution in [0.3, 0.4) is 0 Å². The number of urea groups is 1. The summed E-state index contributed by atoms with van der Waals surface area (Å²) in [5.41, 5.74) is 1.60. The van der Waals surface area contributed by atoms with Crippen LogP contribution in [0.25, 0.3) is 11.0 Å². The van der Waals surface area contributed by atoms with Gasteiger partial charge in [-0.3, -0.25) is 19.9 Å². The predicted molar refractivity (Wildman–Crippen MR) is 104 cm³/mol. The number of nitrogens with zero attached hydrogens (tertiary/aromatic N) is 4. The van der Waals surface area contributed by atoms with Crippen LogP contribution >= 0.6 is 0 Å². The molecule has 11 heteroatoms. The van der Waals surface area contributed by atoms with Crippen LogP contribution in [0, 0.1) is 0 Å². The van der Waals surface area contributed by atoms with Gasteiger partial charge < -0.3 is 4.52 Å². The fourth-order valence-electron chi connectivity index (χ4n) is 4.34. The largest absolute Gasteiger partial charge is 0.354 e. The first-order valence-electron chi connectivity index (χ1n) is 9.62. The molecule has 0 unspecified atom stereocenters. The van der Waals surface area contributed by atoms with E-state index in [1.54, 1.807) is 4.31 Å². The topological polar surface area (TPSA) is 116 Å². The highest BCUT2D eigenvalue weighted by atomic mass is 32.2. The smallest absolute Gasteiger partial charge is 0.329 e. The number of anilines is 1. The number of carbonyl (C=O) groups is 2.